The molecule has 0 amide bonds. The minimum absolute atomic E-state index is 0.161. The second kappa shape index (κ2) is 5.38. The summed E-state index contributed by atoms with van der Waals surface area (Å²) in [5, 5.41) is 12.8. The normalized spacial score (nSPS) is 25.1. The number of aliphatic hydroxyl groups excluding tert-OH is 1. The van der Waals surface area contributed by atoms with E-state index >= 15 is 0 Å². The van der Waals surface area contributed by atoms with E-state index in [9.17, 15) is 5.11 Å². The van der Waals surface area contributed by atoms with Gasteiger partial charge in [0.2, 0.25) is 0 Å². The molecule has 2 atom stereocenters. The van der Waals surface area contributed by atoms with E-state index in [0.29, 0.717) is 6.04 Å². The molecule has 1 heterocycles. The van der Waals surface area contributed by atoms with E-state index in [2.05, 4.69) is 58.2 Å². The number of halogens is 1. The third-order valence-corrected chi connectivity index (χ3v) is 4.21. The van der Waals surface area contributed by atoms with Gasteiger partial charge in [-0.2, -0.15) is 0 Å². The van der Waals surface area contributed by atoms with E-state index in [1.807, 2.05) is 0 Å². The smallest absolute Gasteiger partial charge is 0.0649 e. The monoisotopic (exact) mass is 298 g/mol. The largest absolute Gasteiger partial charge is 0.394 e. The highest BCUT2D eigenvalue weighted by atomic mass is 79.9. The summed E-state index contributed by atoms with van der Waals surface area (Å²) in [6.07, 6.45) is 0. The quantitative estimate of drug-likeness (QED) is 0.876. The fourth-order valence-corrected chi connectivity index (χ4v) is 2.74. The van der Waals surface area contributed by atoms with Crippen LogP contribution in [0.4, 0.5) is 5.69 Å². The van der Waals surface area contributed by atoms with Gasteiger partial charge in [0, 0.05) is 29.3 Å². The van der Waals surface area contributed by atoms with Crippen LogP contribution in [-0.2, 0) is 0 Å². The van der Waals surface area contributed by atoms with Crippen molar-refractivity contribution in [3.8, 4) is 0 Å². The summed E-state index contributed by atoms with van der Waals surface area (Å²) < 4.78 is 1.12. The van der Waals surface area contributed by atoms with Crippen LogP contribution in [0.3, 0.4) is 0 Å². The molecule has 17 heavy (non-hydrogen) atoms. The molecule has 1 aromatic carbocycles. The summed E-state index contributed by atoms with van der Waals surface area (Å²) in [7, 11) is 0. The summed E-state index contributed by atoms with van der Waals surface area (Å²) in [5.41, 5.74) is 2.41. The minimum Gasteiger partial charge on any atom is -0.394 e. The molecule has 0 radical (unpaired) electrons. The Morgan fingerprint density at radius 3 is 2.88 bits per heavy atom. The predicted octanol–water partition coefficient (Wildman–Crippen LogP) is 1.92. The van der Waals surface area contributed by atoms with Crippen molar-refractivity contribution in [1.29, 1.82) is 0 Å². The van der Waals surface area contributed by atoms with Gasteiger partial charge in [0.25, 0.3) is 0 Å². The van der Waals surface area contributed by atoms with Crippen LogP contribution in [-0.4, -0.2) is 36.9 Å². The maximum absolute atomic E-state index is 9.47. The Labute approximate surface area is 111 Å². The van der Waals surface area contributed by atoms with Gasteiger partial charge in [0.1, 0.15) is 0 Å². The molecule has 4 heteroatoms. The Kier molecular flexibility index (Phi) is 4.07. The Morgan fingerprint density at radius 2 is 2.24 bits per heavy atom. The van der Waals surface area contributed by atoms with E-state index in [1.54, 1.807) is 0 Å². The predicted molar refractivity (Wildman–Crippen MR) is 74.6 cm³/mol. The van der Waals surface area contributed by atoms with Crippen molar-refractivity contribution >= 4 is 21.6 Å². The van der Waals surface area contributed by atoms with Crippen LogP contribution in [0.25, 0.3) is 0 Å². The SMILES string of the molecule is Cc1ccc(N2C(C)CNCC2CO)cc1Br. The zero-order chi connectivity index (χ0) is 12.4. The van der Waals surface area contributed by atoms with Crippen molar-refractivity contribution in [2.24, 2.45) is 0 Å². The van der Waals surface area contributed by atoms with Gasteiger partial charge in [-0.25, -0.2) is 0 Å². The number of nitrogens with one attached hydrogen (secondary N) is 1. The highest BCUT2D eigenvalue weighted by molar-refractivity contribution is 9.10. The van der Waals surface area contributed by atoms with E-state index in [-0.39, 0.29) is 12.6 Å². The first-order chi connectivity index (χ1) is 8.13. The molecule has 0 aliphatic carbocycles. The van der Waals surface area contributed by atoms with Crippen molar-refractivity contribution in [3.05, 3.63) is 28.2 Å². The van der Waals surface area contributed by atoms with E-state index < -0.39 is 0 Å². The van der Waals surface area contributed by atoms with Crippen molar-refractivity contribution in [1.82, 2.24) is 5.32 Å². The Bertz CT molecular complexity index is 397. The maximum atomic E-state index is 9.47. The summed E-state index contributed by atoms with van der Waals surface area (Å²) in [4.78, 5) is 2.31. The average Bonchev–Trinajstić information content (AvgIpc) is 2.32. The molecular formula is C13H19BrN2O. The summed E-state index contributed by atoms with van der Waals surface area (Å²) in [6, 6.07) is 6.94. The molecule has 3 nitrogen and oxygen atoms in total. The molecule has 0 saturated carbocycles. The Balaban J connectivity index is 2.31. The summed E-state index contributed by atoms with van der Waals surface area (Å²) in [5.74, 6) is 0. The molecule has 2 rings (SSSR count). The lowest BCUT2D eigenvalue weighted by molar-refractivity contribution is 0.235. The molecule has 1 aliphatic heterocycles. The van der Waals surface area contributed by atoms with Gasteiger partial charge in [-0.1, -0.05) is 22.0 Å². The van der Waals surface area contributed by atoms with Crippen molar-refractivity contribution < 1.29 is 5.11 Å². The average molecular weight is 299 g/mol. The van der Waals surface area contributed by atoms with E-state index in [4.69, 9.17) is 0 Å². The lowest BCUT2D eigenvalue weighted by Crippen LogP contribution is -2.58. The van der Waals surface area contributed by atoms with Crippen LogP contribution in [0.15, 0.2) is 22.7 Å². The number of benzene rings is 1. The van der Waals surface area contributed by atoms with Gasteiger partial charge in [-0.3, -0.25) is 0 Å². The fraction of sp³-hybridized carbons (Fsp3) is 0.538. The number of rotatable bonds is 2. The number of hydrogen-bond acceptors (Lipinski definition) is 3. The fourth-order valence-electron chi connectivity index (χ4n) is 2.38. The van der Waals surface area contributed by atoms with Crippen LogP contribution >= 0.6 is 15.9 Å². The van der Waals surface area contributed by atoms with Gasteiger partial charge < -0.3 is 15.3 Å². The van der Waals surface area contributed by atoms with Crippen molar-refractivity contribution in [2.45, 2.75) is 25.9 Å². The Hall–Kier alpha value is -0.580. The maximum Gasteiger partial charge on any atom is 0.0649 e. The number of nitrogens with zero attached hydrogens (tertiary/aromatic N) is 1. The van der Waals surface area contributed by atoms with Crippen LogP contribution in [0.2, 0.25) is 0 Å². The molecule has 2 N–H and O–H groups in total. The molecule has 1 aliphatic rings. The van der Waals surface area contributed by atoms with Gasteiger partial charge in [-0.15, -0.1) is 0 Å². The van der Waals surface area contributed by atoms with E-state index in [0.717, 1.165) is 17.6 Å². The van der Waals surface area contributed by atoms with E-state index in [1.165, 1.54) is 11.3 Å². The zero-order valence-corrected chi connectivity index (χ0v) is 11.9. The molecule has 2 unspecified atom stereocenters. The molecule has 1 saturated heterocycles. The van der Waals surface area contributed by atoms with Crippen molar-refractivity contribution in [2.75, 3.05) is 24.6 Å². The highest BCUT2D eigenvalue weighted by Gasteiger charge is 2.27. The van der Waals surface area contributed by atoms with Gasteiger partial charge in [0.15, 0.2) is 0 Å². The van der Waals surface area contributed by atoms with Gasteiger partial charge in [0.05, 0.1) is 12.6 Å². The minimum atomic E-state index is 0.161. The molecule has 0 bridgehead atoms. The molecule has 0 spiro atoms. The highest BCUT2D eigenvalue weighted by Crippen LogP contribution is 2.27. The number of aryl methyl sites for hydroxylation is 1. The first-order valence-corrected chi connectivity index (χ1v) is 6.79. The number of aliphatic hydroxyl groups is 1. The third kappa shape index (κ3) is 2.64. The molecule has 0 aromatic heterocycles. The molecule has 1 aromatic rings. The van der Waals surface area contributed by atoms with Crippen LogP contribution in [0, 0.1) is 6.92 Å². The van der Waals surface area contributed by atoms with Crippen molar-refractivity contribution in [3.63, 3.8) is 0 Å². The van der Waals surface area contributed by atoms with Gasteiger partial charge in [-0.05, 0) is 31.5 Å². The molecule has 94 valence electrons. The first kappa shape index (κ1) is 12.9. The lowest BCUT2D eigenvalue weighted by Gasteiger charge is -2.42. The second-order valence-corrected chi connectivity index (χ2v) is 5.54. The standard InChI is InChI=1S/C13H19BrN2O/c1-9-3-4-11(5-13(9)14)16-10(2)6-15-7-12(16)8-17/h3-5,10,12,15,17H,6-8H2,1-2H3. The van der Waals surface area contributed by atoms with Gasteiger partial charge >= 0.3 is 0 Å². The van der Waals surface area contributed by atoms with Crippen LogP contribution in [0.5, 0.6) is 0 Å². The lowest BCUT2D eigenvalue weighted by atomic mass is 10.1. The van der Waals surface area contributed by atoms with Crippen LogP contribution in [0.1, 0.15) is 12.5 Å². The Morgan fingerprint density at radius 1 is 1.47 bits per heavy atom. The zero-order valence-electron chi connectivity index (χ0n) is 10.3. The molecule has 1 fully saturated rings. The summed E-state index contributed by atoms with van der Waals surface area (Å²) >= 11 is 3.57. The number of piperazine rings is 1. The number of anilines is 1. The molecular weight excluding hydrogens is 280 g/mol. The summed E-state index contributed by atoms with van der Waals surface area (Å²) in [6.45, 7) is 6.25. The third-order valence-electron chi connectivity index (χ3n) is 3.35. The first-order valence-electron chi connectivity index (χ1n) is 5.99. The second-order valence-electron chi connectivity index (χ2n) is 4.68. The topological polar surface area (TPSA) is 35.5 Å². The number of hydrogen-bond donors (Lipinski definition) is 2. The van der Waals surface area contributed by atoms with Crippen LogP contribution < -0.4 is 10.2 Å².